The zero-order valence-electron chi connectivity index (χ0n) is 13.1. The molecule has 3 rings (SSSR count). The van der Waals surface area contributed by atoms with Crippen molar-refractivity contribution in [3.8, 4) is 0 Å². The second-order valence-electron chi connectivity index (χ2n) is 5.54. The van der Waals surface area contributed by atoms with E-state index < -0.39 is 0 Å². The Morgan fingerprint density at radius 2 is 2.08 bits per heavy atom. The number of nitrogens with zero attached hydrogens (tertiary/aromatic N) is 3. The van der Waals surface area contributed by atoms with E-state index in [1.54, 1.807) is 22.7 Å². The summed E-state index contributed by atoms with van der Waals surface area (Å²) in [5.74, 6) is -0.162. The number of aromatic nitrogens is 3. The smallest absolute Gasteiger partial charge is 0.251 e. The summed E-state index contributed by atoms with van der Waals surface area (Å²) in [4.78, 5) is 16.4. The van der Waals surface area contributed by atoms with Gasteiger partial charge in [0.15, 0.2) is 5.65 Å². The van der Waals surface area contributed by atoms with Crippen LogP contribution < -0.4 is 5.32 Å². The van der Waals surface area contributed by atoms with Gasteiger partial charge in [0, 0.05) is 30.6 Å². The van der Waals surface area contributed by atoms with E-state index in [0.29, 0.717) is 22.2 Å². The summed E-state index contributed by atoms with van der Waals surface area (Å²) in [6.07, 6.45) is 5.43. The summed E-state index contributed by atoms with van der Waals surface area (Å²) in [7, 11) is 0. The van der Waals surface area contributed by atoms with Crippen molar-refractivity contribution >= 4 is 34.8 Å². The van der Waals surface area contributed by atoms with Gasteiger partial charge in [-0.25, -0.2) is 9.50 Å². The van der Waals surface area contributed by atoms with E-state index >= 15 is 0 Å². The molecule has 0 aliphatic rings. The quantitative estimate of drug-likeness (QED) is 0.703. The fraction of sp³-hybridized carbons (Fsp3) is 0.235. The Kier molecular flexibility index (Phi) is 5.02. The van der Waals surface area contributed by atoms with Crippen molar-refractivity contribution in [3.05, 3.63) is 63.5 Å². The normalized spacial score (nSPS) is 11.0. The van der Waals surface area contributed by atoms with Crippen molar-refractivity contribution in [1.82, 2.24) is 19.9 Å². The number of aryl methyl sites for hydroxylation is 2. The number of carbonyl (C=O) groups is 1. The Morgan fingerprint density at radius 1 is 1.25 bits per heavy atom. The van der Waals surface area contributed by atoms with Crippen LogP contribution in [0.2, 0.25) is 10.0 Å². The first-order chi connectivity index (χ1) is 11.5. The van der Waals surface area contributed by atoms with E-state index in [1.807, 2.05) is 25.4 Å². The molecular weight excluding hydrogens is 347 g/mol. The van der Waals surface area contributed by atoms with E-state index in [1.165, 1.54) is 0 Å². The van der Waals surface area contributed by atoms with Gasteiger partial charge in [-0.05, 0) is 43.5 Å². The number of nitrogens with one attached hydrogen (secondary N) is 1. The van der Waals surface area contributed by atoms with Gasteiger partial charge in [-0.3, -0.25) is 4.79 Å². The van der Waals surface area contributed by atoms with Crippen LogP contribution in [0.25, 0.3) is 5.65 Å². The summed E-state index contributed by atoms with van der Waals surface area (Å²) in [5.41, 5.74) is 3.35. The molecule has 2 aromatic heterocycles. The van der Waals surface area contributed by atoms with Crippen LogP contribution >= 0.6 is 23.2 Å². The predicted molar refractivity (Wildman–Crippen MR) is 94.8 cm³/mol. The Morgan fingerprint density at radius 3 is 2.88 bits per heavy atom. The minimum Gasteiger partial charge on any atom is -0.352 e. The molecule has 0 spiro atoms. The van der Waals surface area contributed by atoms with Gasteiger partial charge in [0.1, 0.15) is 0 Å². The Labute approximate surface area is 149 Å². The number of halogens is 2. The summed E-state index contributed by atoms with van der Waals surface area (Å²) in [6.45, 7) is 2.50. The molecule has 0 unspecified atom stereocenters. The molecule has 1 amide bonds. The van der Waals surface area contributed by atoms with Gasteiger partial charge in [0.2, 0.25) is 0 Å². The molecule has 0 bridgehead atoms. The van der Waals surface area contributed by atoms with Crippen LogP contribution in [0, 0.1) is 6.92 Å². The Bertz CT molecular complexity index is 891. The van der Waals surface area contributed by atoms with E-state index in [9.17, 15) is 4.79 Å². The summed E-state index contributed by atoms with van der Waals surface area (Å²) in [6, 6.07) is 6.77. The SMILES string of the molecule is Cc1cc2ncc(CCCNC(=O)c3ccc(Cl)c(Cl)c3)cn2n1. The van der Waals surface area contributed by atoms with Crippen molar-refractivity contribution in [3.63, 3.8) is 0 Å². The molecule has 7 heteroatoms. The van der Waals surface area contributed by atoms with Crippen molar-refractivity contribution in [2.45, 2.75) is 19.8 Å². The lowest BCUT2D eigenvalue weighted by Crippen LogP contribution is -2.24. The summed E-state index contributed by atoms with van der Waals surface area (Å²) in [5, 5.41) is 8.03. The van der Waals surface area contributed by atoms with Crippen LogP contribution in [0.1, 0.15) is 28.0 Å². The molecule has 2 heterocycles. The molecule has 1 aromatic carbocycles. The fourth-order valence-electron chi connectivity index (χ4n) is 2.40. The zero-order valence-corrected chi connectivity index (χ0v) is 14.6. The molecule has 124 valence electrons. The summed E-state index contributed by atoms with van der Waals surface area (Å²) < 4.78 is 1.78. The number of benzene rings is 1. The Balaban J connectivity index is 1.52. The third-order valence-electron chi connectivity index (χ3n) is 3.60. The third-order valence-corrected chi connectivity index (χ3v) is 4.34. The second kappa shape index (κ2) is 7.20. The number of fused-ring (bicyclic) bond motifs is 1. The monoisotopic (exact) mass is 362 g/mol. The molecule has 3 aromatic rings. The van der Waals surface area contributed by atoms with Crippen LogP contribution in [0.4, 0.5) is 0 Å². The van der Waals surface area contributed by atoms with Gasteiger partial charge >= 0.3 is 0 Å². The first-order valence-corrected chi connectivity index (χ1v) is 8.33. The lowest BCUT2D eigenvalue weighted by molar-refractivity contribution is 0.0953. The van der Waals surface area contributed by atoms with Crippen molar-refractivity contribution in [2.24, 2.45) is 0 Å². The highest BCUT2D eigenvalue weighted by atomic mass is 35.5. The summed E-state index contributed by atoms with van der Waals surface area (Å²) >= 11 is 11.8. The minimum absolute atomic E-state index is 0.162. The molecule has 0 atom stereocenters. The maximum Gasteiger partial charge on any atom is 0.251 e. The topological polar surface area (TPSA) is 59.3 Å². The van der Waals surface area contributed by atoms with Gasteiger partial charge in [-0.15, -0.1) is 0 Å². The molecule has 0 aliphatic carbocycles. The van der Waals surface area contributed by atoms with E-state index in [0.717, 1.165) is 29.7 Å². The van der Waals surface area contributed by atoms with Crippen molar-refractivity contribution < 1.29 is 4.79 Å². The van der Waals surface area contributed by atoms with E-state index in [2.05, 4.69) is 15.4 Å². The molecule has 0 saturated carbocycles. The van der Waals surface area contributed by atoms with Crippen molar-refractivity contribution in [2.75, 3.05) is 6.54 Å². The molecular formula is C17H16Cl2N4O. The Hall–Kier alpha value is -2.11. The largest absolute Gasteiger partial charge is 0.352 e. The van der Waals surface area contributed by atoms with Gasteiger partial charge in [-0.2, -0.15) is 5.10 Å². The third kappa shape index (κ3) is 3.86. The average molecular weight is 363 g/mol. The standard InChI is InChI=1S/C17H16Cl2N4O/c1-11-7-16-21-9-12(10-23(16)22-11)3-2-6-20-17(24)13-4-5-14(18)15(19)8-13/h4-5,7-10H,2-3,6H2,1H3,(H,20,24). The second-order valence-corrected chi connectivity index (χ2v) is 6.35. The first-order valence-electron chi connectivity index (χ1n) is 7.57. The molecule has 0 radical (unpaired) electrons. The van der Waals surface area contributed by atoms with Gasteiger partial charge < -0.3 is 5.32 Å². The zero-order chi connectivity index (χ0) is 17.1. The van der Waals surface area contributed by atoms with Crippen LogP contribution in [0.15, 0.2) is 36.7 Å². The maximum atomic E-state index is 12.1. The molecule has 0 fully saturated rings. The average Bonchev–Trinajstić information content (AvgIpc) is 2.93. The number of amides is 1. The molecule has 24 heavy (non-hydrogen) atoms. The molecule has 5 nitrogen and oxygen atoms in total. The molecule has 0 aliphatic heterocycles. The first kappa shape index (κ1) is 16.7. The van der Waals surface area contributed by atoms with Gasteiger partial charge in [0.05, 0.1) is 15.7 Å². The number of rotatable bonds is 5. The highest BCUT2D eigenvalue weighted by Crippen LogP contribution is 2.22. The highest BCUT2D eigenvalue weighted by Gasteiger charge is 2.07. The highest BCUT2D eigenvalue weighted by molar-refractivity contribution is 6.42. The van der Waals surface area contributed by atoms with Crippen LogP contribution in [-0.4, -0.2) is 27.0 Å². The molecule has 1 N–H and O–H groups in total. The maximum absolute atomic E-state index is 12.1. The fourth-order valence-corrected chi connectivity index (χ4v) is 2.69. The van der Waals surface area contributed by atoms with E-state index in [4.69, 9.17) is 23.2 Å². The lowest BCUT2D eigenvalue weighted by atomic mass is 10.2. The number of hydrogen-bond donors (Lipinski definition) is 1. The van der Waals surface area contributed by atoms with Crippen LogP contribution in [0.5, 0.6) is 0 Å². The van der Waals surface area contributed by atoms with E-state index in [-0.39, 0.29) is 5.91 Å². The minimum atomic E-state index is -0.162. The van der Waals surface area contributed by atoms with Crippen molar-refractivity contribution in [1.29, 1.82) is 0 Å². The van der Waals surface area contributed by atoms with Gasteiger partial charge in [0.25, 0.3) is 5.91 Å². The van der Waals surface area contributed by atoms with Crippen LogP contribution in [-0.2, 0) is 6.42 Å². The molecule has 0 saturated heterocycles. The van der Waals surface area contributed by atoms with Gasteiger partial charge in [-0.1, -0.05) is 23.2 Å². The number of carbonyl (C=O) groups excluding carboxylic acids is 1. The van der Waals surface area contributed by atoms with Crippen LogP contribution in [0.3, 0.4) is 0 Å². The number of hydrogen-bond acceptors (Lipinski definition) is 3. The lowest BCUT2D eigenvalue weighted by Gasteiger charge is -2.06. The predicted octanol–water partition coefficient (Wildman–Crippen LogP) is 3.71.